The van der Waals surface area contributed by atoms with E-state index in [1.165, 1.54) is 0 Å². The second-order valence-corrected chi connectivity index (χ2v) is 3.35. The lowest BCUT2D eigenvalue weighted by atomic mass is 10.1. The SMILES string of the molecule is COc1cc(N)cc2c1CC(=O)N2C. The number of likely N-dealkylation sites (N-methyl/N-ethyl adjacent to an activating group) is 1. The van der Waals surface area contributed by atoms with Gasteiger partial charge >= 0.3 is 0 Å². The third-order valence-electron chi connectivity index (χ3n) is 2.49. The molecule has 1 heterocycles. The van der Waals surface area contributed by atoms with Gasteiger partial charge in [0.15, 0.2) is 0 Å². The molecule has 2 N–H and O–H groups in total. The molecule has 0 saturated carbocycles. The Balaban J connectivity index is 2.61. The number of rotatable bonds is 1. The van der Waals surface area contributed by atoms with E-state index in [0.29, 0.717) is 17.9 Å². The summed E-state index contributed by atoms with van der Waals surface area (Å²) in [5, 5.41) is 0. The lowest BCUT2D eigenvalue weighted by Crippen LogP contribution is -2.20. The number of anilines is 2. The van der Waals surface area contributed by atoms with Gasteiger partial charge in [0, 0.05) is 24.4 Å². The molecule has 0 bridgehead atoms. The molecule has 1 aromatic carbocycles. The van der Waals surface area contributed by atoms with Crippen LogP contribution in [0.4, 0.5) is 11.4 Å². The van der Waals surface area contributed by atoms with E-state index < -0.39 is 0 Å². The highest BCUT2D eigenvalue weighted by Crippen LogP contribution is 2.36. The largest absolute Gasteiger partial charge is 0.496 e. The molecule has 4 heteroatoms. The van der Waals surface area contributed by atoms with Crippen LogP contribution in [0.3, 0.4) is 0 Å². The maximum Gasteiger partial charge on any atom is 0.231 e. The molecule has 0 spiro atoms. The number of fused-ring (bicyclic) bond motifs is 1. The van der Waals surface area contributed by atoms with Crippen LogP contribution in [0.1, 0.15) is 5.56 Å². The zero-order valence-corrected chi connectivity index (χ0v) is 8.20. The average Bonchev–Trinajstić information content (AvgIpc) is 2.43. The van der Waals surface area contributed by atoms with E-state index in [2.05, 4.69) is 0 Å². The minimum Gasteiger partial charge on any atom is -0.496 e. The fourth-order valence-corrected chi connectivity index (χ4v) is 1.71. The standard InChI is InChI=1S/C10H12N2O2/c1-12-8-3-6(11)4-9(14-2)7(8)5-10(12)13/h3-4H,5,11H2,1-2H3. The van der Waals surface area contributed by atoms with Crippen molar-refractivity contribution in [3.8, 4) is 5.75 Å². The number of nitrogens with zero attached hydrogens (tertiary/aromatic N) is 1. The van der Waals surface area contributed by atoms with E-state index in [0.717, 1.165) is 11.3 Å². The van der Waals surface area contributed by atoms with Crippen LogP contribution in [0, 0.1) is 0 Å². The van der Waals surface area contributed by atoms with Gasteiger partial charge in [-0.1, -0.05) is 0 Å². The van der Waals surface area contributed by atoms with Gasteiger partial charge in [-0.2, -0.15) is 0 Å². The van der Waals surface area contributed by atoms with Crippen molar-refractivity contribution in [3.05, 3.63) is 17.7 Å². The van der Waals surface area contributed by atoms with Crippen molar-refractivity contribution in [2.24, 2.45) is 0 Å². The van der Waals surface area contributed by atoms with E-state index in [1.54, 1.807) is 31.2 Å². The van der Waals surface area contributed by atoms with Crippen LogP contribution < -0.4 is 15.4 Å². The second-order valence-electron chi connectivity index (χ2n) is 3.35. The summed E-state index contributed by atoms with van der Waals surface area (Å²) in [6.07, 6.45) is 0.398. The topological polar surface area (TPSA) is 55.6 Å². The van der Waals surface area contributed by atoms with E-state index >= 15 is 0 Å². The molecule has 1 aliphatic rings. The quantitative estimate of drug-likeness (QED) is 0.669. The Morgan fingerprint density at radius 3 is 2.86 bits per heavy atom. The molecule has 0 radical (unpaired) electrons. The highest BCUT2D eigenvalue weighted by molar-refractivity contribution is 6.02. The highest BCUT2D eigenvalue weighted by atomic mass is 16.5. The molecule has 4 nitrogen and oxygen atoms in total. The number of nitrogens with two attached hydrogens (primary N) is 1. The predicted molar refractivity (Wildman–Crippen MR) is 54.5 cm³/mol. The minimum atomic E-state index is 0.0731. The number of hydrogen-bond acceptors (Lipinski definition) is 3. The number of ether oxygens (including phenoxy) is 1. The Labute approximate surface area is 82.3 Å². The van der Waals surface area contributed by atoms with Gasteiger partial charge in [-0.3, -0.25) is 4.79 Å². The van der Waals surface area contributed by atoms with E-state index in [4.69, 9.17) is 10.5 Å². The number of amides is 1. The van der Waals surface area contributed by atoms with Gasteiger partial charge in [-0.25, -0.2) is 0 Å². The molecule has 1 aromatic rings. The van der Waals surface area contributed by atoms with Crippen LogP contribution in [0.2, 0.25) is 0 Å². The summed E-state index contributed by atoms with van der Waals surface area (Å²) in [5.41, 5.74) is 8.09. The molecule has 0 fully saturated rings. The van der Waals surface area contributed by atoms with Gasteiger partial charge in [-0.15, -0.1) is 0 Å². The summed E-state index contributed by atoms with van der Waals surface area (Å²) in [5.74, 6) is 0.765. The van der Waals surface area contributed by atoms with Crippen LogP contribution in [0.15, 0.2) is 12.1 Å². The van der Waals surface area contributed by atoms with Gasteiger partial charge in [0.05, 0.1) is 19.2 Å². The Morgan fingerprint density at radius 2 is 2.21 bits per heavy atom. The molecule has 0 atom stereocenters. The van der Waals surface area contributed by atoms with E-state index in [9.17, 15) is 4.79 Å². The first kappa shape index (κ1) is 8.87. The van der Waals surface area contributed by atoms with E-state index in [1.807, 2.05) is 0 Å². The fraction of sp³-hybridized carbons (Fsp3) is 0.300. The van der Waals surface area contributed by atoms with Gasteiger partial charge < -0.3 is 15.4 Å². The van der Waals surface area contributed by atoms with Crippen LogP contribution in [-0.2, 0) is 11.2 Å². The van der Waals surface area contributed by atoms with Gasteiger partial charge in [0.1, 0.15) is 5.75 Å². The first-order valence-electron chi connectivity index (χ1n) is 4.36. The fourth-order valence-electron chi connectivity index (χ4n) is 1.71. The van der Waals surface area contributed by atoms with Crippen LogP contribution in [0.5, 0.6) is 5.75 Å². The van der Waals surface area contributed by atoms with Gasteiger partial charge in [-0.05, 0) is 6.07 Å². The normalized spacial score (nSPS) is 14.4. The van der Waals surface area contributed by atoms with Crippen molar-refractivity contribution in [1.29, 1.82) is 0 Å². The molecule has 0 aromatic heterocycles. The number of benzene rings is 1. The lowest BCUT2D eigenvalue weighted by molar-refractivity contribution is -0.117. The zero-order valence-electron chi connectivity index (χ0n) is 8.20. The summed E-state index contributed by atoms with van der Waals surface area (Å²) in [6, 6.07) is 3.54. The highest BCUT2D eigenvalue weighted by Gasteiger charge is 2.27. The first-order chi connectivity index (χ1) is 6.63. The third-order valence-corrected chi connectivity index (χ3v) is 2.49. The van der Waals surface area contributed by atoms with Crippen molar-refractivity contribution in [2.45, 2.75) is 6.42 Å². The summed E-state index contributed by atoms with van der Waals surface area (Å²) in [6.45, 7) is 0. The van der Waals surface area contributed by atoms with Gasteiger partial charge in [0.2, 0.25) is 5.91 Å². The monoisotopic (exact) mass is 192 g/mol. The number of hydrogen-bond donors (Lipinski definition) is 1. The van der Waals surface area contributed by atoms with Crippen LogP contribution in [-0.4, -0.2) is 20.1 Å². The molecular formula is C10H12N2O2. The average molecular weight is 192 g/mol. The van der Waals surface area contributed by atoms with Crippen LogP contribution >= 0.6 is 0 Å². The minimum absolute atomic E-state index is 0.0731. The maximum absolute atomic E-state index is 11.4. The van der Waals surface area contributed by atoms with Crippen molar-refractivity contribution in [3.63, 3.8) is 0 Å². The van der Waals surface area contributed by atoms with Gasteiger partial charge in [0.25, 0.3) is 0 Å². The molecular weight excluding hydrogens is 180 g/mol. The molecule has 1 amide bonds. The van der Waals surface area contributed by atoms with Crippen molar-refractivity contribution in [1.82, 2.24) is 0 Å². The smallest absolute Gasteiger partial charge is 0.231 e. The van der Waals surface area contributed by atoms with Crippen LogP contribution in [0.25, 0.3) is 0 Å². The van der Waals surface area contributed by atoms with Crippen molar-refractivity contribution in [2.75, 3.05) is 24.8 Å². The predicted octanol–water partition coefficient (Wildman–Crippen LogP) is 0.796. The molecule has 14 heavy (non-hydrogen) atoms. The second kappa shape index (κ2) is 2.90. The molecule has 74 valence electrons. The Kier molecular flexibility index (Phi) is 1.84. The number of methoxy groups -OCH3 is 1. The summed E-state index contributed by atoms with van der Waals surface area (Å²) < 4.78 is 5.18. The number of carbonyl (C=O) groups excluding carboxylic acids is 1. The Hall–Kier alpha value is -1.71. The van der Waals surface area contributed by atoms with E-state index in [-0.39, 0.29) is 5.91 Å². The van der Waals surface area contributed by atoms with Crippen molar-refractivity contribution >= 4 is 17.3 Å². The first-order valence-corrected chi connectivity index (χ1v) is 4.36. The lowest BCUT2D eigenvalue weighted by Gasteiger charge is -2.12. The zero-order chi connectivity index (χ0) is 10.3. The maximum atomic E-state index is 11.4. The Morgan fingerprint density at radius 1 is 1.50 bits per heavy atom. The summed E-state index contributed by atoms with van der Waals surface area (Å²) >= 11 is 0. The number of nitrogen functional groups attached to an aromatic ring is 1. The van der Waals surface area contributed by atoms with Crippen molar-refractivity contribution < 1.29 is 9.53 Å². The third kappa shape index (κ3) is 1.11. The molecule has 1 aliphatic heterocycles. The summed E-state index contributed by atoms with van der Waals surface area (Å²) in [7, 11) is 3.32. The molecule has 0 unspecified atom stereocenters. The number of carbonyl (C=O) groups is 1. The molecule has 2 rings (SSSR count). The molecule has 0 saturated heterocycles. The molecule has 0 aliphatic carbocycles. The summed E-state index contributed by atoms with van der Waals surface area (Å²) in [4.78, 5) is 13.0. The Bertz CT molecular complexity index is 401.